The molecule has 0 atom stereocenters. The van der Waals surface area contributed by atoms with Crippen LogP contribution in [0.4, 0.5) is 11.4 Å². The van der Waals surface area contributed by atoms with E-state index >= 15 is 0 Å². The zero-order chi connectivity index (χ0) is 7.56. The van der Waals surface area contributed by atoms with Crippen LogP contribution in [0.5, 0.6) is 0 Å². The van der Waals surface area contributed by atoms with E-state index in [0.29, 0.717) is 11.4 Å². The maximum atomic E-state index is 5.57. The summed E-state index contributed by atoms with van der Waals surface area (Å²) >= 11 is 0. The summed E-state index contributed by atoms with van der Waals surface area (Å²) in [6, 6.07) is 5.75. The van der Waals surface area contributed by atoms with Crippen molar-refractivity contribution in [3.05, 3.63) is 23.8 Å². The van der Waals surface area contributed by atoms with E-state index in [2.05, 4.69) is 6.92 Å². The molecule has 0 fully saturated rings. The Morgan fingerprint density at radius 2 is 1.90 bits per heavy atom. The van der Waals surface area contributed by atoms with E-state index < -0.39 is 0 Å². The van der Waals surface area contributed by atoms with Gasteiger partial charge in [-0.2, -0.15) is 0 Å². The maximum absolute atomic E-state index is 5.57. The zero-order valence-electron chi connectivity index (χ0n) is 6.09. The van der Waals surface area contributed by atoms with Gasteiger partial charge in [0, 0.05) is 0 Å². The maximum Gasteiger partial charge on any atom is 0.0550 e. The van der Waals surface area contributed by atoms with Crippen LogP contribution in [0, 0.1) is 0 Å². The van der Waals surface area contributed by atoms with Crippen molar-refractivity contribution >= 4 is 11.4 Å². The van der Waals surface area contributed by atoms with Crippen molar-refractivity contribution in [1.29, 1.82) is 0 Å². The third kappa shape index (κ3) is 1.21. The molecule has 0 heterocycles. The minimum Gasteiger partial charge on any atom is -0.397 e. The molecule has 0 saturated carbocycles. The summed E-state index contributed by atoms with van der Waals surface area (Å²) in [7, 11) is 0. The van der Waals surface area contributed by atoms with Crippen LogP contribution in [-0.4, -0.2) is 0 Å². The van der Waals surface area contributed by atoms with Crippen molar-refractivity contribution in [2.75, 3.05) is 11.5 Å². The second-order valence-electron chi connectivity index (χ2n) is 2.32. The monoisotopic (exact) mass is 136 g/mol. The minimum atomic E-state index is 0.664. The lowest BCUT2D eigenvalue weighted by atomic mass is 10.1. The second kappa shape index (κ2) is 2.60. The van der Waals surface area contributed by atoms with Crippen LogP contribution in [0.1, 0.15) is 12.5 Å². The molecule has 0 amide bonds. The van der Waals surface area contributed by atoms with Crippen molar-refractivity contribution in [2.45, 2.75) is 13.3 Å². The van der Waals surface area contributed by atoms with Crippen LogP contribution in [0.2, 0.25) is 0 Å². The van der Waals surface area contributed by atoms with E-state index in [-0.39, 0.29) is 0 Å². The number of benzene rings is 1. The number of anilines is 2. The lowest BCUT2D eigenvalue weighted by Crippen LogP contribution is -1.94. The standard InChI is InChI=1S/C8H12N2/c1-2-6-3-4-7(9)8(10)5-6/h3-5H,2,9-10H2,1H3. The molecule has 0 unspecified atom stereocenters. The zero-order valence-corrected chi connectivity index (χ0v) is 6.09. The smallest absolute Gasteiger partial charge is 0.0550 e. The summed E-state index contributed by atoms with van der Waals surface area (Å²) in [5.41, 5.74) is 13.7. The highest BCUT2D eigenvalue weighted by molar-refractivity contribution is 5.63. The Balaban J connectivity index is 3.04. The van der Waals surface area contributed by atoms with Crippen molar-refractivity contribution in [3.8, 4) is 0 Å². The van der Waals surface area contributed by atoms with E-state index in [4.69, 9.17) is 11.5 Å². The molecule has 0 spiro atoms. The molecule has 0 bridgehead atoms. The number of hydrogen-bond donors (Lipinski definition) is 2. The topological polar surface area (TPSA) is 52.0 Å². The molecule has 10 heavy (non-hydrogen) atoms. The number of rotatable bonds is 1. The molecule has 0 saturated heterocycles. The van der Waals surface area contributed by atoms with Crippen molar-refractivity contribution in [1.82, 2.24) is 0 Å². The molecule has 2 nitrogen and oxygen atoms in total. The highest BCUT2D eigenvalue weighted by Crippen LogP contribution is 2.15. The molecule has 0 aliphatic carbocycles. The molecule has 54 valence electrons. The van der Waals surface area contributed by atoms with Crippen LogP contribution in [0.25, 0.3) is 0 Å². The van der Waals surface area contributed by atoms with E-state index in [9.17, 15) is 0 Å². The number of aryl methyl sites for hydroxylation is 1. The highest BCUT2D eigenvalue weighted by Gasteiger charge is 1.93. The van der Waals surface area contributed by atoms with Gasteiger partial charge in [0.25, 0.3) is 0 Å². The van der Waals surface area contributed by atoms with Crippen molar-refractivity contribution in [2.24, 2.45) is 0 Å². The Morgan fingerprint density at radius 3 is 2.40 bits per heavy atom. The Morgan fingerprint density at radius 1 is 1.20 bits per heavy atom. The summed E-state index contributed by atoms with van der Waals surface area (Å²) in [4.78, 5) is 0. The fourth-order valence-corrected chi connectivity index (χ4v) is 0.844. The van der Waals surface area contributed by atoms with Crippen LogP contribution in [0.15, 0.2) is 18.2 Å². The van der Waals surface area contributed by atoms with Gasteiger partial charge < -0.3 is 11.5 Å². The molecule has 0 aliphatic rings. The van der Waals surface area contributed by atoms with Gasteiger partial charge in [-0.1, -0.05) is 13.0 Å². The van der Waals surface area contributed by atoms with Crippen molar-refractivity contribution < 1.29 is 0 Å². The summed E-state index contributed by atoms with van der Waals surface area (Å²) < 4.78 is 0. The van der Waals surface area contributed by atoms with Crippen LogP contribution < -0.4 is 11.5 Å². The van der Waals surface area contributed by atoms with Gasteiger partial charge in [0.15, 0.2) is 0 Å². The molecular weight excluding hydrogens is 124 g/mol. The van der Waals surface area contributed by atoms with E-state index in [1.165, 1.54) is 5.56 Å². The Labute approximate surface area is 60.8 Å². The average molecular weight is 136 g/mol. The summed E-state index contributed by atoms with van der Waals surface area (Å²) in [5.74, 6) is 0. The normalized spacial score (nSPS) is 9.70. The van der Waals surface area contributed by atoms with Gasteiger partial charge in [0.1, 0.15) is 0 Å². The quantitative estimate of drug-likeness (QED) is 0.573. The van der Waals surface area contributed by atoms with Crippen LogP contribution in [0.3, 0.4) is 0 Å². The summed E-state index contributed by atoms with van der Waals surface area (Å²) in [6.45, 7) is 2.09. The molecule has 0 aromatic heterocycles. The first-order chi connectivity index (χ1) is 4.74. The SMILES string of the molecule is CCc1ccc(N)c(N)c1. The third-order valence-corrected chi connectivity index (χ3v) is 1.56. The van der Waals surface area contributed by atoms with Gasteiger partial charge in [0.2, 0.25) is 0 Å². The lowest BCUT2D eigenvalue weighted by Gasteiger charge is -2.00. The molecule has 4 N–H and O–H groups in total. The first kappa shape index (κ1) is 6.93. The Hall–Kier alpha value is -1.18. The molecule has 0 aliphatic heterocycles. The molecule has 1 aromatic rings. The predicted octanol–water partition coefficient (Wildman–Crippen LogP) is 1.41. The Kier molecular flexibility index (Phi) is 1.81. The second-order valence-corrected chi connectivity index (χ2v) is 2.32. The highest BCUT2D eigenvalue weighted by atomic mass is 14.7. The predicted molar refractivity (Wildman–Crippen MR) is 44.6 cm³/mol. The van der Waals surface area contributed by atoms with Gasteiger partial charge in [-0.25, -0.2) is 0 Å². The first-order valence-electron chi connectivity index (χ1n) is 3.38. The fraction of sp³-hybridized carbons (Fsp3) is 0.250. The molecular formula is C8H12N2. The average Bonchev–Trinajstić information content (AvgIpc) is 1.95. The number of hydrogen-bond acceptors (Lipinski definition) is 2. The largest absolute Gasteiger partial charge is 0.397 e. The number of nitrogens with two attached hydrogens (primary N) is 2. The summed E-state index contributed by atoms with van der Waals surface area (Å²) in [6.07, 6.45) is 1.00. The third-order valence-electron chi connectivity index (χ3n) is 1.56. The van der Waals surface area contributed by atoms with Crippen molar-refractivity contribution in [3.63, 3.8) is 0 Å². The molecule has 0 radical (unpaired) electrons. The van der Waals surface area contributed by atoms with Gasteiger partial charge in [-0.15, -0.1) is 0 Å². The van der Waals surface area contributed by atoms with Crippen LogP contribution in [-0.2, 0) is 6.42 Å². The van der Waals surface area contributed by atoms with Gasteiger partial charge >= 0.3 is 0 Å². The van der Waals surface area contributed by atoms with Gasteiger partial charge in [-0.05, 0) is 24.1 Å². The van der Waals surface area contributed by atoms with E-state index in [0.717, 1.165) is 6.42 Å². The molecule has 1 rings (SSSR count). The van der Waals surface area contributed by atoms with E-state index in [1.807, 2.05) is 18.2 Å². The molecule has 2 heteroatoms. The van der Waals surface area contributed by atoms with Gasteiger partial charge in [-0.3, -0.25) is 0 Å². The van der Waals surface area contributed by atoms with E-state index in [1.54, 1.807) is 0 Å². The lowest BCUT2D eigenvalue weighted by molar-refractivity contribution is 1.14. The van der Waals surface area contributed by atoms with Crippen LogP contribution >= 0.6 is 0 Å². The summed E-state index contributed by atoms with van der Waals surface area (Å²) in [5, 5.41) is 0. The number of nitrogen functional groups attached to an aromatic ring is 2. The first-order valence-corrected chi connectivity index (χ1v) is 3.38. The van der Waals surface area contributed by atoms with Gasteiger partial charge in [0.05, 0.1) is 11.4 Å². The molecule has 1 aromatic carbocycles. The Bertz CT molecular complexity index is 231. The minimum absolute atomic E-state index is 0.664. The fourth-order valence-electron chi connectivity index (χ4n) is 0.844.